The van der Waals surface area contributed by atoms with Gasteiger partial charge in [-0.2, -0.15) is 8.78 Å². The molecular formula is C11H9ClF2O2. The molecule has 1 aliphatic rings. The van der Waals surface area contributed by atoms with E-state index in [0.717, 1.165) is 5.56 Å². The molecule has 0 aliphatic heterocycles. The Morgan fingerprint density at radius 1 is 1.50 bits per heavy atom. The van der Waals surface area contributed by atoms with Crippen LogP contribution in [0.3, 0.4) is 0 Å². The minimum Gasteiger partial charge on any atom is -0.477 e. The van der Waals surface area contributed by atoms with E-state index in [2.05, 4.69) is 0 Å². The van der Waals surface area contributed by atoms with Crippen molar-refractivity contribution in [1.29, 1.82) is 0 Å². The van der Waals surface area contributed by atoms with Crippen LogP contribution in [0.15, 0.2) is 18.2 Å². The fourth-order valence-electron chi connectivity index (χ4n) is 2.15. The zero-order chi connectivity index (χ0) is 11.9. The van der Waals surface area contributed by atoms with E-state index in [1.807, 2.05) is 0 Å². The molecule has 0 saturated carbocycles. The van der Waals surface area contributed by atoms with E-state index in [0.29, 0.717) is 6.42 Å². The minimum absolute atomic E-state index is 0.123. The summed E-state index contributed by atoms with van der Waals surface area (Å²) in [6.07, 6.45) is 0.571. The van der Waals surface area contributed by atoms with Gasteiger partial charge in [0, 0.05) is 5.02 Å². The topological polar surface area (TPSA) is 37.3 Å². The highest BCUT2D eigenvalue weighted by atomic mass is 35.5. The molecule has 1 atom stereocenters. The molecular weight excluding hydrogens is 238 g/mol. The van der Waals surface area contributed by atoms with Gasteiger partial charge in [0.1, 0.15) is 0 Å². The molecule has 0 bridgehead atoms. The Labute approximate surface area is 95.8 Å². The summed E-state index contributed by atoms with van der Waals surface area (Å²) in [5.74, 6) is -7.16. The second-order valence-corrected chi connectivity index (χ2v) is 4.24. The average Bonchev–Trinajstić information content (AvgIpc) is 2.63. The molecule has 0 fully saturated rings. The van der Waals surface area contributed by atoms with Gasteiger partial charge in [0.05, 0.1) is 5.92 Å². The van der Waals surface area contributed by atoms with Crippen LogP contribution in [-0.4, -0.2) is 17.0 Å². The molecule has 2 rings (SSSR count). The van der Waals surface area contributed by atoms with E-state index in [1.54, 1.807) is 12.1 Å². The lowest BCUT2D eigenvalue weighted by Crippen LogP contribution is -2.34. The van der Waals surface area contributed by atoms with Gasteiger partial charge in [-0.3, -0.25) is 0 Å². The summed E-state index contributed by atoms with van der Waals surface area (Å²) in [4.78, 5) is 10.5. The van der Waals surface area contributed by atoms with E-state index in [-0.39, 0.29) is 17.0 Å². The zero-order valence-corrected chi connectivity index (χ0v) is 8.97. The molecule has 0 radical (unpaired) electrons. The van der Waals surface area contributed by atoms with E-state index >= 15 is 0 Å². The van der Waals surface area contributed by atoms with Crippen LogP contribution in [0, 0.1) is 0 Å². The van der Waals surface area contributed by atoms with Gasteiger partial charge in [-0.15, -0.1) is 0 Å². The number of hydrogen-bond acceptors (Lipinski definition) is 1. The Morgan fingerprint density at radius 3 is 2.81 bits per heavy atom. The van der Waals surface area contributed by atoms with Crippen molar-refractivity contribution >= 4 is 17.6 Å². The number of alkyl halides is 2. The monoisotopic (exact) mass is 246 g/mol. The summed E-state index contributed by atoms with van der Waals surface area (Å²) in [6.45, 7) is 0. The number of fused-ring (bicyclic) bond motifs is 1. The van der Waals surface area contributed by atoms with Crippen LogP contribution in [-0.2, 0) is 11.2 Å². The van der Waals surface area contributed by atoms with Crippen LogP contribution in [0.2, 0.25) is 5.02 Å². The fraction of sp³-hybridized carbons (Fsp3) is 0.364. The Morgan fingerprint density at radius 2 is 2.19 bits per heavy atom. The Bertz CT molecular complexity index is 446. The van der Waals surface area contributed by atoms with Crippen LogP contribution in [0.25, 0.3) is 0 Å². The molecule has 0 spiro atoms. The normalized spacial score (nSPS) is 19.6. The fourth-order valence-corrected chi connectivity index (χ4v) is 2.47. The second-order valence-electron chi connectivity index (χ2n) is 3.83. The number of carbonyl (C=O) groups is 1. The first-order valence-electron chi connectivity index (χ1n) is 4.83. The highest BCUT2D eigenvalue weighted by Gasteiger charge is 2.51. The molecule has 1 N–H and O–H groups in total. The van der Waals surface area contributed by atoms with Crippen LogP contribution >= 0.6 is 11.6 Å². The standard InChI is InChI=1S/C11H9ClF2O2/c12-8-3-1-2-6-4-5-7(9(6)8)11(13,14)10(15)16/h1-3,7H,4-5H2,(H,15,16). The molecule has 16 heavy (non-hydrogen) atoms. The third-order valence-electron chi connectivity index (χ3n) is 2.92. The van der Waals surface area contributed by atoms with Crippen molar-refractivity contribution in [3.05, 3.63) is 34.3 Å². The lowest BCUT2D eigenvalue weighted by molar-refractivity contribution is -0.168. The van der Waals surface area contributed by atoms with E-state index in [4.69, 9.17) is 16.7 Å². The first-order chi connectivity index (χ1) is 7.44. The van der Waals surface area contributed by atoms with Gasteiger partial charge < -0.3 is 5.11 Å². The van der Waals surface area contributed by atoms with Crippen molar-refractivity contribution in [3.63, 3.8) is 0 Å². The molecule has 0 heterocycles. The number of carboxylic acid groups (broad SMARTS) is 1. The van der Waals surface area contributed by atoms with E-state index in [1.165, 1.54) is 6.07 Å². The smallest absolute Gasteiger partial charge is 0.375 e. The summed E-state index contributed by atoms with van der Waals surface area (Å²) in [5, 5.41) is 8.75. The maximum atomic E-state index is 13.5. The molecule has 1 aliphatic carbocycles. The summed E-state index contributed by atoms with van der Waals surface area (Å²) in [6, 6.07) is 4.90. The highest BCUT2D eigenvalue weighted by Crippen LogP contribution is 2.46. The lowest BCUT2D eigenvalue weighted by atomic mass is 9.94. The van der Waals surface area contributed by atoms with Crippen LogP contribution in [0.4, 0.5) is 8.78 Å². The van der Waals surface area contributed by atoms with Crippen molar-refractivity contribution in [2.75, 3.05) is 0 Å². The third-order valence-corrected chi connectivity index (χ3v) is 3.25. The number of halogens is 3. The number of rotatable bonds is 2. The predicted molar refractivity (Wildman–Crippen MR) is 55.1 cm³/mol. The summed E-state index contributed by atoms with van der Waals surface area (Å²) < 4.78 is 26.9. The summed E-state index contributed by atoms with van der Waals surface area (Å²) in [5.41, 5.74) is 1.01. The van der Waals surface area contributed by atoms with Crippen LogP contribution in [0.1, 0.15) is 23.5 Å². The number of hydrogen-bond donors (Lipinski definition) is 1. The maximum absolute atomic E-state index is 13.5. The predicted octanol–water partition coefficient (Wildman–Crippen LogP) is 3.09. The molecule has 1 aromatic rings. The SMILES string of the molecule is O=C(O)C(F)(F)C1CCc2cccc(Cl)c21. The van der Waals surface area contributed by atoms with Crippen molar-refractivity contribution in [1.82, 2.24) is 0 Å². The number of aliphatic carboxylic acids is 1. The quantitative estimate of drug-likeness (QED) is 0.871. The molecule has 1 aromatic carbocycles. The molecule has 5 heteroatoms. The van der Waals surface area contributed by atoms with Gasteiger partial charge in [-0.05, 0) is 30.0 Å². The van der Waals surface area contributed by atoms with Crippen molar-refractivity contribution in [3.8, 4) is 0 Å². The van der Waals surface area contributed by atoms with Gasteiger partial charge in [0.15, 0.2) is 0 Å². The Hall–Kier alpha value is -1.16. The minimum atomic E-state index is -3.75. The second kappa shape index (κ2) is 3.70. The Balaban J connectivity index is 2.48. The van der Waals surface area contributed by atoms with Gasteiger partial charge in [0.2, 0.25) is 0 Å². The Kier molecular flexibility index (Phi) is 2.62. The average molecular weight is 247 g/mol. The van der Waals surface area contributed by atoms with Crippen LogP contribution in [0.5, 0.6) is 0 Å². The molecule has 2 nitrogen and oxygen atoms in total. The molecule has 0 amide bonds. The number of aryl methyl sites for hydroxylation is 1. The summed E-state index contributed by atoms with van der Waals surface area (Å²) >= 11 is 5.85. The van der Waals surface area contributed by atoms with E-state index in [9.17, 15) is 13.6 Å². The van der Waals surface area contributed by atoms with Gasteiger partial charge in [-0.25, -0.2) is 4.79 Å². The van der Waals surface area contributed by atoms with E-state index < -0.39 is 17.8 Å². The van der Waals surface area contributed by atoms with Crippen LogP contribution < -0.4 is 0 Å². The lowest BCUT2D eigenvalue weighted by Gasteiger charge is -2.20. The van der Waals surface area contributed by atoms with Gasteiger partial charge in [-0.1, -0.05) is 23.7 Å². The molecule has 1 unspecified atom stereocenters. The number of carboxylic acids is 1. The summed E-state index contributed by atoms with van der Waals surface area (Å²) in [7, 11) is 0. The highest BCUT2D eigenvalue weighted by molar-refractivity contribution is 6.31. The van der Waals surface area contributed by atoms with Crippen molar-refractivity contribution < 1.29 is 18.7 Å². The molecule has 0 saturated heterocycles. The molecule has 0 aromatic heterocycles. The van der Waals surface area contributed by atoms with Crippen molar-refractivity contribution in [2.45, 2.75) is 24.7 Å². The third kappa shape index (κ3) is 1.57. The molecule has 86 valence electrons. The first-order valence-corrected chi connectivity index (χ1v) is 5.21. The zero-order valence-electron chi connectivity index (χ0n) is 8.21. The van der Waals surface area contributed by atoms with Gasteiger partial charge in [0.25, 0.3) is 0 Å². The maximum Gasteiger partial charge on any atom is 0.375 e. The number of benzene rings is 1. The largest absolute Gasteiger partial charge is 0.477 e. The first kappa shape index (κ1) is 11.3. The van der Waals surface area contributed by atoms with Crippen molar-refractivity contribution in [2.24, 2.45) is 0 Å². The van der Waals surface area contributed by atoms with Gasteiger partial charge >= 0.3 is 11.9 Å².